The lowest BCUT2D eigenvalue weighted by atomic mass is 9.95. The highest BCUT2D eigenvalue weighted by Crippen LogP contribution is 2.27. The number of thioether (sulfide) groups is 1. The van der Waals surface area contributed by atoms with Gasteiger partial charge in [-0.15, -0.1) is 0 Å². The minimum atomic E-state index is -0.112. The molecule has 100 valence electrons. The smallest absolute Gasteiger partial charge is 0.271 e. The van der Waals surface area contributed by atoms with E-state index >= 15 is 0 Å². The maximum atomic E-state index is 12.2. The van der Waals surface area contributed by atoms with Crippen LogP contribution in [0, 0.1) is 0 Å². The molecule has 0 radical (unpaired) electrons. The maximum absolute atomic E-state index is 12.2. The van der Waals surface area contributed by atoms with E-state index in [9.17, 15) is 4.79 Å². The Hall–Kier alpha value is -1.17. The van der Waals surface area contributed by atoms with Crippen molar-refractivity contribution < 1.29 is 4.79 Å². The Morgan fingerprint density at radius 1 is 1.61 bits per heavy atom. The summed E-state index contributed by atoms with van der Waals surface area (Å²) in [6.45, 7) is 0. The SMILES string of the molecule is CSC1CCCC(NC(=O)c2c(N)cnn2C)C1. The van der Waals surface area contributed by atoms with Crippen LogP contribution < -0.4 is 11.1 Å². The highest BCUT2D eigenvalue weighted by atomic mass is 32.2. The van der Waals surface area contributed by atoms with Crippen molar-refractivity contribution in [1.29, 1.82) is 0 Å². The normalized spacial score (nSPS) is 23.9. The molecule has 1 fully saturated rings. The van der Waals surface area contributed by atoms with Gasteiger partial charge >= 0.3 is 0 Å². The summed E-state index contributed by atoms with van der Waals surface area (Å²) in [5.41, 5.74) is 6.65. The van der Waals surface area contributed by atoms with Gasteiger partial charge in [0.25, 0.3) is 5.91 Å². The van der Waals surface area contributed by atoms with Gasteiger partial charge in [0.15, 0.2) is 0 Å². The number of amides is 1. The van der Waals surface area contributed by atoms with E-state index in [2.05, 4.69) is 16.7 Å². The summed E-state index contributed by atoms with van der Waals surface area (Å²) in [4.78, 5) is 12.2. The lowest BCUT2D eigenvalue weighted by molar-refractivity contribution is 0.0920. The molecular weight excluding hydrogens is 248 g/mol. The molecule has 0 spiro atoms. The summed E-state index contributed by atoms with van der Waals surface area (Å²) in [5, 5.41) is 7.72. The number of hydrogen-bond donors (Lipinski definition) is 2. The lowest BCUT2D eigenvalue weighted by Gasteiger charge is -2.28. The molecule has 5 nitrogen and oxygen atoms in total. The zero-order valence-electron chi connectivity index (χ0n) is 10.8. The summed E-state index contributed by atoms with van der Waals surface area (Å²) in [5.74, 6) is -0.112. The molecule has 2 rings (SSSR count). The summed E-state index contributed by atoms with van der Waals surface area (Å²) in [6.07, 6.45) is 8.18. The number of aromatic nitrogens is 2. The molecule has 0 bridgehead atoms. The number of hydrogen-bond acceptors (Lipinski definition) is 4. The summed E-state index contributed by atoms with van der Waals surface area (Å²) in [6, 6.07) is 0.262. The molecule has 1 aliphatic carbocycles. The average Bonchev–Trinajstić information content (AvgIpc) is 2.69. The minimum absolute atomic E-state index is 0.112. The number of nitrogens with two attached hydrogens (primary N) is 1. The second kappa shape index (κ2) is 5.65. The molecule has 0 saturated heterocycles. The van der Waals surface area contributed by atoms with Crippen molar-refractivity contribution in [3.8, 4) is 0 Å². The number of nitrogen functional groups attached to an aromatic ring is 1. The number of nitrogens with zero attached hydrogens (tertiary/aromatic N) is 2. The molecule has 6 heteroatoms. The molecule has 1 heterocycles. The fraction of sp³-hybridized carbons (Fsp3) is 0.667. The predicted octanol–water partition coefficient (Wildman–Crippen LogP) is 1.41. The minimum Gasteiger partial charge on any atom is -0.396 e. The zero-order chi connectivity index (χ0) is 13.1. The van der Waals surface area contributed by atoms with Gasteiger partial charge in [0, 0.05) is 18.3 Å². The standard InChI is InChI=1S/C12H20N4OS/c1-16-11(10(13)7-14-16)12(17)15-8-4-3-5-9(6-8)18-2/h7-9H,3-6,13H2,1-2H3,(H,15,17). The van der Waals surface area contributed by atoms with Gasteiger partial charge < -0.3 is 11.1 Å². The molecule has 1 saturated carbocycles. The third-order valence-electron chi connectivity index (χ3n) is 3.48. The molecule has 0 aliphatic heterocycles. The van der Waals surface area contributed by atoms with E-state index in [-0.39, 0.29) is 11.9 Å². The van der Waals surface area contributed by atoms with E-state index in [1.807, 2.05) is 11.8 Å². The quantitative estimate of drug-likeness (QED) is 0.869. The predicted molar refractivity (Wildman–Crippen MR) is 74.6 cm³/mol. The highest BCUT2D eigenvalue weighted by molar-refractivity contribution is 7.99. The first-order valence-corrected chi connectivity index (χ1v) is 7.51. The number of rotatable bonds is 3. The molecular formula is C12H20N4OS. The van der Waals surface area contributed by atoms with Crippen molar-refractivity contribution in [3.05, 3.63) is 11.9 Å². The number of carbonyl (C=O) groups is 1. The van der Waals surface area contributed by atoms with Crippen LogP contribution in [0.1, 0.15) is 36.2 Å². The summed E-state index contributed by atoms with van der Waals surface area (Å²) >= 11 is 1.89. The van der Waals surface area contributed by atoms with E-state index in [0.717, 1.165) is 12.8 Å². The second-order valence-electron chi connectivity index (χ2n) is 4.77. The van der Waals surface area contributed by atoms with Crippen LogP contribution in [-0.4, -0.2) is 33.2 Å². The molecule has 2 atom stereocenters. The molecule has 2 unspecified atom stereocenters. The van der Waals surface area contributed by atoms with E-state index in [4.69, 9.17) is 5.73 Å². The van der Waals surface area contributed by atoms with Crippen LogP contribution in [0.2, 0.25) is 0 Å². The van der Waals surface area contributed by atoms with Crippen molar-refractivity contribution in [1.82, 2.24) is 15.1 Å². The van der Waals surface area contributed by atoms with Gasteiger partial charge in [0.1, 0.15) is 5.69 Å². The van der Waals surface area contributed by atoms with E-state index in [1.165, 1.54) is 23.7 Å². The largest absolute Gasteiger partial charge is 0.396 e. The van der Waals surface area contributed by atoms with Gasteiger partial charge in [-0.05, 0) is 25.5 Å². The van der Waals surface area contributed by atoms with Crippen LogP contribution in [0.5, 0.6) is 0 Å². The van der Waals surface area contributed by atoms with Crippen LogP contribution >= 0.6 is 11.8 Å². The van der Waals surface area contributed by atoms with Crippen LogP contribution in [-0.2, 0) is 7.05 Å². The third-order valence-corrected chi connectivity index (χ3v) is 4.57. The van der Waals surface area contributed by atoms with E-state index in [0.29, 0.717) is 16.6 Å². The molecule has 3 N–H and O–H groups in total. The van der Waals surface area contributed by atoms with Gasteiger partial charge in [0.2, 0.25) is 0 Å². The van der Waals surface area contributed by atoms with Crippen molar-refractivity contribution in [2.75, 3.05) is 12.0 Å². The van der Waals surface area contributed by atoms with Gasteiger partial charge in [-0.1, -0.05) is 6.42 Å². The van der Waals surface area contributed by atoms with E-state index in [1.54, 1.807) is 7.05 Å². The Labute approximate surface area is 111 Å². The number of carbonyl (C=O) groups excluding carboxylic acids is 1. The average molecular weight is 268 g/mol. The van der Waals surface area contributed by atoms with Crippen LogP contribution in [0.4, 0.5) is 5.69 Å². The van der Waals surface area contributed by atoms with Gasteiger partial charge in [0.05, 0.1) is 11.9 Å². The molecule has 1 aromatic rings. The zero-order valence-corrected chi connectivity index (χ0v) is 11.7. The Balaban J connectivity index is 1.99. The summed E-state index contributed by atoms with van der Waals surface area (Å²) < 4.78 is 1.53. The first kappa shape index (κ1) is 13.3. The number of anilines is 1. The molecule has 0 aromatic carbocycles. The Kier molecular flexibility index (Phi) is 4.16. The second-order valence-corrected chi connectivity index (χ2v) is 5.90. The Morgan fingerprint density at radius 2 is 2.39 bits per heavy atom. The van der Waals surface area contributed by atoms with Crippen molar-refractivity contribution in [3.63, 3.8) is 0 Å². The van der Waals surface area contributed by atoms with Crippen LogP contribution in [0.15, 0.2) is 6.20 Å². The first-order chi connectivity index (χ1) is 8.61. The number of aryl methyl sites for hydroxylation is 1. The van der Waals surface area contributed by atoms with Crippen molar-refractivity contribution in [2.24, 2.45) is 7.05 Å². The third kappa shape index (κ3) is 2.80. The Bertz CT molecular complexity index is 412. The maximum Gasteiger partial charge on any atom is 0.271 e. The molecule has 1 amide bonds. The topological polar surface area (TPSA) is 72.9 Å². The van der Waals surface area contributed by atoms with Gasteiger partial charge in [-0.2, -0.15) is 16.9 Å². The monoisotopic (exact) mass is 268 g/mol. The lowest BCUT2D eigenvalue weighted by Crippen LogP contribution is -2.40. The van der Waals surface area contributed by atoms with E-state index < -0.39 is 0 Å². The highest BCUT2D eigenvalue weighted by Gasteiger charge is 2.24. The van der Waals surface area contributed by atoms with Crippen LogP contribution in [0.3, 0.4) is 0 Å². The Morgan fingerprint density at radius 3 is 3.00 bits per heavy atom. The summed E-state index contributed by atoms with van der Waals surface area (Å²) in [7, 11) is 1.73. The fourth-order valence-corrected chi connectivity index (χ4v) is 3.30. The fourth-order valence-electron chi connectivity index (χ4n) is 2.48. The van der Waals surface area contributed by atoms with Gasteiger partial charge in [-0.3, -0.25) is 9.48 Å². The molecule has 18 heavy (non-hydrogen) atoms. The number of nitrogens with one attached hydrogen (secondary N) is 1. The molecule has 1 aromatic heterocycles. The van der Waals surface area contributed by atoms with Crippen LogP contribution in [0.25, 0.3) is 0 Å². The van der Waals surface area contributed by atoms with Crippen molar-refractivity contribution in [2.45, 2.75) is 37.0 Å². The van der Waals surface area contributed by atoms with Gasteiger partial charge in [-0.25, -0.2) is 0 Å². The van der Waals surface area contributed by atoms with Crippen molar-refractivity contribution >= 4 is 23.4 Å². The molecule has 1 aliphatic rings. The first-order valence-electron chi connectivity index (χ1n) is 6.23.